The fourth-order valence-electron chi connectivity index (χ4n) is 5.36. The van der Waals surface area contributed by atoms with Crippen molar-refractivity contribution >= 4 is 46.4 Å². The van der Waals surface area contributed by atoms with E-state index in [1.165, 1.54) is 21.6 Å². The Labute approximate surface area is 226 Å². The van der Waals surface area contributed by atoms with Crippen molar-refractivity contribution in [3.63, 3.8) is 0 Å². The monoisotopic (exact) mass is 541 g/mol. The number of halogens is 2. The fourth-order valence-corrected chi connectivity index (χ4v) is 6.76. The number of hydrogen-bond donors (Lipinski definition) is 0. The van der Waals surface area contributed by atoms with Crippen molar-refractivity contribution in [2.75, 3.05) is 32.7 Å². The highest BCUT2D eigenvalue weighted by Crippen LogP contribution is 2.40. The van der Waals surface area contributed by atoms with Gasteiger partial charge in [-0.25, -0.2) is 0 Å². The molecule has 8 heteroatoms. The standard InChI is InChI=1S/C28H29Cl2N3O2S/c1-18-5-3-4-6-21(18)26-23-10-16-36-25(23)9-11-33(26)19(2)27(34)31-12-14-32(15-13-31)28(35)22-8-7-20(29)17-24(22)30/h3-8,10,16-17,19,26H,9,11-15H2,1-2H3/t19-,26+/m1/s1. The third kappa shape index (κ3) is 4.80. The average Bonchev–Trinajstić information content (AvgIpc) is 3.36. The summed E-state index contributed by atoms with van der Waals surface area (Å²) in [6.45, 7) is 6.98. The quantitative estimate of drug-likeness (QED) is 0.426. The number of carbonyl (C=O) groups excluding carboxylic acids is 2. The second kappa shape index (κ2) is 10.5. The number of amides is 2. The molecule has 2 amide bonds. The van der Waals surface area contributed by atoms with Crippen LogP contribution in [0.3, 0.4) is 0 Å². The van der Waals surface area contributed by atoms with Gasteiger partial charge >= 0.3 is 0 Å². The Balaban J connectivity index is 1.30. The lowest BCUT2D eigenvalue weighted by atomic mass is 9.89. The summed E-state index contributed by atoms with van der Waals surface area (Å²) in [5, 5.41) is 3.01. The lowest BCUT2D eigenvalue weighted by Gasteiger charge is -2.43. The summed E-state index contributed by atoms with van der Waals surface area (Å²) in [5.41, 5.74) is 4.25. The normalized spacial score (nSPS) is 19.2. The lowest BCUT2D eigenvalue weighted by molar-refractivity contribution is -0.138. The Morgan fingerprint density at radius 1 is 0.944 bits per heavy atom. The highest BCUT2D eigenvalue weighted by molar-refractivity contribution is 7.10. The maximum Gasteiger partial charge on any atom is 0.255 e. The Morgan fingerprint density at radius 2 is 1.67 bits per heavy atom. The van der Waals surface area contributed by atoms with Crippen molar-refractivity contribution in [3.05, 3.63) is 91.1 Å². The second-order valence-corrected chi connectivity index (χ2v) is 11.3. The smallest absolute Gasteiger partial charge is 0.255 e. The first kappa shape index (κ1) is 25.3. The summed E-state index contributed by atoms with van der Waals surface area (Å²) in [4.78, 5) is 34.1. The molecule has 2 atom stereocenters. The van der Waals surface area contributed by atoms with Crippen LogP contribution in [0.15, 0.2) is 53.9 Å². The molecule has 2 aliphatic heterocycles. The summed E-state index contributed by atoms with van der Waals surface area (Å²) in [6.07, 6.45) is 0.955. The first-order valence-electron chi connectivity index (χ1n) is 12.3. The Kier molecular flexibility index (Phi) is 7.40. The number of carbonyl (C=O) groups is 2. The average molecular weight is 543 g/mol. The van der Waals surface area contributed by atoms with Gasteiger partial charge in [-0.15, -0.1) is 11.3 Å². The van der Waals surface area contributed by atoms with E-state index in [-0.39, 0.29) is 23.9 Å². The van der Waals surface area contributed by atoms with Crippen LogP contribution >= 0.6 is 34.5 Å². The van der Waals surface area contributed by atoms with E-state index < -0.39 is 0 Å². The van der Waals surface area contributed by atoms with Crippen molar-refractivity contribution in [1.82, 2.24) is 14.7 Å². The number of piperazine rings is 1. The van der Waals surface area contributed by atoms with E-state index in [4.69, 9.17) is 23.2 Å². The highest BCUT2D eigenvalue weighted by atomic mass is 35.5. The minimum atomic E-state index is -0.268. The predicted molar refractivity (Wildman–Crippen MR) is 146 cm³/mol. The zero-order valence-electron chi connectivity index (χ0n) is 20.4. The van der Waals surface area contributed by atoms with Crippen molar-refractivity contribution in [2.24, 2.45) is 0 Å². The molecule has 3 heterocycles. The molecule has 1 fully saturated rings. The number of rotatable bonds is 4. The van der Waals surface area contributed by atoms with Crippen LogP contribution in [0.5, 0.6) is 0 Å². The van der Waals surface area contributed by atoms with Gasteiger partial charge in [-0.05, 0) is 66.6 Å². The molecule has 2 aromatic carbocycles. The van der Waals surface area contributed by atoms with E-state index in [9.17, 15) is 9.59 Å². The topological polar surface area (TPSA) is 43.9 Å². The van der Waals surface area contributed by atoms with E-state index in [2.05, 4.69) is 47.5 Å². The molecule has 0 unspecified atom stereocenters. The summed E-state index contributed by atoms with van der Waals surface area (Å²) < 4.78 is 0. The van der Waals surface area contributed by atoms with Crippen LogP contribution in [-0.4, -0.2) is 65.3 Å². The van der Waals surface area contributed by atoms with E-state index in [0.717, 1.165) is 13.0 Å². The van der Waals surface area contributed by atoms with Gasteiger partial charge in [-0.2, -0.15) is 0 Å². The molecule has 0 N–H and O–H groups in total. The summed E-state index contributed by atoms with van der Waals surface area (Å²) in [7, 11) is 0. The number of aryl methyl sites for hydroxylation is 1. The van der Waals surface area contributed by atoms with Crippen LogP contribution in [0, 0.1) is 6.92 Å². The lowest BCUT2D eigenvalue weighted by Crippen LogP contribution is -2.56. The molecule has 0 bridgehead atoms. The number of benzene rings is 2. The second-order valence-electron chi connectivity index (χ2n) is 9.46. The first-order chi connectivity index (χ1) is 17.3. The van der Waals surface area contributed by atoms with Gasteiger partial charge in [0.2, 0.25) is 5.91 Å². The van der Waals surface area contributed by atoms with Crippen molar-refractivity contribution in [1.29, 1.82) is 0 Å². The third-order valence-electron chi connectivity index (χ3n) is 7.38. The van der Waals surface area contributed by atoms with Crippen LogP contribution in [0.25, 0.3) is 0 Å². The van der Waals surface area contributed by atoms with E-state index in [0.29, 0.717) is 41.8 Å². The number of nitrogens with zero attached hydrogens (tertiary/aromatic N) is 3. The molecule has 0 aliphatic carbocycles. The van der Waals surface area contributed by atoms with Crippen LogP contribution in [-0.2, 0) is 11.2 Å². The van der Waals surface area contributed by atoms with Crippen molar-refractivity contribution < 1.29 is 9.59 Å². The van der Waals surface area contributed by atoms with Gasteiger partial charge in [0.15, 0.2) is 0 Å². The fraction of sp³-hybridized carbons (Fsp3) is 0.357. The van der Waals surface area contributed by atoms with Gasteiger partial charge in [0.1, 0.15) is 0 Å². The molecular weight excluding hydrogens is 513 g/mol. The first-order valence-corrected chi connectivity index (χ1v) is 13.9. The zero-order chi connectivity index (χ0) is 25.4. The minimum absolute atomic E-state index is 0.0649. The van der Waals surface area contributed by atoms with Crippen molar-refractivity contribution in [3.8, 4) is 0 Å². The van der Waals surface area contributed by atoms with E-state index >= 15 is 0 Å². The summed E-state index contributed by atoms with van der Waals surface area (Å²) in [5.74, 6) is -0.0127. The van der Waals surface area contributed by atoms with Gasteiger partial charge < -0.3 is 9.80 Å². The van der Waals surface area contributed by atoms with E-state index in [1.54, 1.807) is 34.4 Å². The maximum absolute atomic E-state index is 13.7. The summed E-state index contributed by atoms with van der Waals surface area (Å²) in [6, 6.07) is 15.4. The molecular formula is C28H29Cl2N3O2S. The number of hydrogen-bond acceptors (Lipinski definition) is 4. The van der Waals surface area contributed by atoms with Crippen LogP contribution < -0.4 is 0 Å². The predicted octanol–water partition coefficient (Wildman–Crippen LogP) is 5.68. The Bertz CT molecular complexity index is 1290. The van der Waals surface area contributed by atoms with Crippen LogP contribution in [0.2, 0.25) is 10.0 Å². The molecule has 3 aromatic rings. The zero-order valence-corrected chi connectivity index (χ0v) is 22.7. The molecule has 5 rings (SSSR count). The molecule has 2 aliphatic rings. The molecule has 0 spiro atoms. The number of thiophene rings is 1. The van der Waals surface area contributed by atoms with Gasteiger partial charge in [-0.3, -0.25) is 14.5 Å². The molecule has 36 heavy (non-hydrogen) atoms. The maximum atomic E-state index is 13.7. The molecule has 0 radical (unpaired) electrons. The van der Waals surface area contributed by atoms with Gasteiger partial charge in [0.25, 0.3) is 5.91 Å². The van der Waals surface area contributed by atoms with Crippen molar-refractivity contribution in [2.45, 2.75) is 32.4 Å². The SMILES string of the molecule is Cc1ccccc1[C@H]1c2ccsc2CCN1[C@H](C)C(=O)N1CCN(C(=O)c2ccc(Cl)cc2Cl)CC1. The van der Waals surface area contributed by atoms with Crippen LogP contribution in [0.4, 0.5) is 0 Å². The largest absolute Gasteiger partial charge is 0.338 e. The Hall–Kier alpha value is -2.38. The van der Waals surface area contributed by atoms with E-state index in [1.807, 2.05) is 11.8 Å². The Morgan fingerprint density at radius 3 is 2.39 bits per heavy atom. The number of fused-ring (bicyclic) bond motifs is 1. The molecule has 1 aromatic heterocycles. The van der Waals surface area contributed by atoms with Crippen LogP contribution in [0.1, 0.15) is 44.9 Å². The molecule has 5 nitrogen and oxygen atoms in total. The minimum Gasteiger partial charge on any atom is -0.338 e. The molecule has 1 saturated heterocycles. The molecule has 188 valence electrons. The van der Waals surface area contributed by atoms with Gasteiger partial charge in [0, 0.05) is 42.6 Å². The third-order valence-corrected chi connectivity index (χ3v) is 8.93. The van der Waals surface area contributed by atoms with Gasteiger partial charge in [0.05, 0.1) is 22.7 Å². The highest BCUT2D eigenvalue weighted by Gasteiger charge is 2.38. The molecule has 0 saturated carbocycles. The summed E-state index contributed by atoms with van der Waals surface area (Å²) >= 11 is 14.0. The van der Waals surface area contributed by atoms with Gasteiger partial charge in [-0.1, -0.05) is 47.5 Å².